The fourth-order valence-corrected chi connectivity index (χ4v) is 2.61. The van der Waals surface area contributed by atoms with E-state index in [4.69, 9.17) is 15.2 Å². The summed E-state index contributed by atoms with van der Waals surface area (Å²) in [6.45, 7) is 0.0659. The monoisotopic (exact) mass is 441 g/mol. The van der Waals surface area contributed by atoms with E-state index in [1.807, 2.05) is 0 Å². The smallest absolute Gasteiger partial charge is 0.481 e. The molecule has 0 aliphatic rings. The molecule has 170 valence electrons. The van der Waals surface area contributed by atoms with Gasteiger partial charge in [0.1, 0.15) is 11.9 Å². The van der Waals surface area contributed by atoms with Crippen LogP contribution in [0.25, 0.3) is 0 Å². The van der Waals surface area contributed by atoms with E-state index in [9.17, 15) is 28.7 Å². The lowest BCUT2D eigenvalue weighted by Gasteiger charge is -2.19. The highest BCUT2D eigenvalue weighted by molar-refractivity contribution is 6.58. The molecule has 0 aliphatic carbocycles. The van der Waals surface area contributed by atoms with Crippen molar-refractivity contribution in [3.8, 4) is 0 Å². The normalized spacial score (nSPS) is 11.4. The first kappa shape index (κ1) is 25.9. The zero-order valence-corrected chi connectivity index (χ0v) is 16.9. The quantitative estimate of drug-likeness (QED) is 0.181. The van der Waals surface area contributed by atoms with Gasteiger partial charge in [0.2, 0.25) is 5.91 Å². The number of carboxylic acid groups (broad SMARTS) is 2. The molecular formula is C18H25BFN3O8. The molecule has 0 aliphatic heterocycles. The number of amides is 3. The summed E-state index contributed by atoms with van der Waals surface area (Å²) < 4.78 is 13.8. The van der Waals surface area contributed by atoms with Crippen molar-refractivity contribution in [1.29, 1.82) is 0 Å². The summed E-state index contributed by atoms with van der Waals surface area (Å²) in [5, 5.41) is 40.4. The van der Waals surface area contributed by atoms with Crippen molar-refractivity contribution in [2.24, 2.45) is 0 Å². The Balaban J connectivity index is 2.51. The van der Waals surface area contributed by atoms with Crippen LogP contribution < -0.4 is 21.0 Å². The van der Waals surface area contributed by atoms with Gasteiger partial charge in [-0.3, -0.25) is 9.59 Å². The van der Waals surface area contributed by atoms with Crippen LogP contribution in [0, 0.1) is 5.82 Å². The molecule has 6 N–H and O–H groups in total. The van der Waals surface area contributed by atoms with Gasteiger partial charge < -0.3 is 35.8 Å². The summed E-state index contributed by atoms with van der Waals surface area (Å²) in [4.78, 5) is 46.9. The maximum absolute atomic E-state index is 13.8. The van der Waals surface area contributed by atoms with E-state index < -0.39 is 42.9 Å². The largest absolute Gasteiger partial charge is 0.491 e. The maximum atomic E-state index is 13.8. The van der Waals surface area contributed by atoms with Gasteiger partial charge in [0.05, 0.1) is 0 Å². The highest BCUT2D eigenvalue weighted by atomic mass is 19.1. The molecule has 0 spiro atoms. The molecular weight excluding hydrogens is 416 g/mol. The van der Waals surface area contributed by atoms with Gasteiger partial charge in [-0.25, -0.2) is 14.0 Å². The van der Waals surface area contributed by atoms with Gasteiger partial charge in [-0.1, -0.05) is 6.07 Å². The SMILES string of the molecule is CN(C(=O)CCCC(NC(=O)NCCCC(=O)O)C(=O)O)c1ccc(B(O)O)c(F)c1. The van der Waals surface area contributed by atoms with Crippen molar-refractivity contribution in [1.82, 2.24) is 10.6 Å². The topological polar surface area (TPSA) is 176 Å². The molecule has 0 aromatic heterocycles. The molecule has 11 nitrogen and oxygen atoms in total. The number of aliphatic carboxylic acids is 2. The first-order valence-electron chi connectivity index (χ1n) is 9.44. The number of hydrogen-bond acceptors (Lipinski definition) is 6. The minimum Gasteiger partial charge on any atom is -0.481 e. The van der Waals surface area contributed by atoms with E-state index in [-0.39, 0.29) is 49.8 Å². The van der Waals surface area contributed by atoms with Crippen molar-refractivity contribution in [2.45, 2.75) is 38.1 Å². The molecule has 0 fully saturated rings. The first-order valence-corrected chi connectivity index (χ1v) is 9.44. The second kappa shape index (κ2) is 12.5. The molecule has 1 atom stereocenters. The van der Waals surface area contributed by atoms with Gasteiger partial charge in [0.15, 0.2) is 0 Å². The van der Waals surface area contributed by atoms with E-state index in [0.29, 0.717) is 0 Å². The number of nitrogens with one attached hydrogen (secondary N) is 2. The number of hydrogen-bond donors (Lipinski definition) is 6. The summed E-state index contributed by atoms with van der Waals surface area (Å²) >= 11 is 0. The van der Waals surface area contributed by atoms with Crippen LogP contribution in [-0.2, 0) is 14.4 Å². The Morgan fingerprint density at radius 3 is 2.35 bits per heavy atom. The standard InChI is InChI=1S/C18H25BFN3O8/c1-23(11-7-8-12(19(30)31)13(20)10-11)15(24)5-2-4-14(17(27)28)22-18(29)21-9-3-6-16(25)26/h7-8,10,14,30-31H,2-6,9H2,1H3,(H,25,26)(H,27,28)(H2,21,22,29). The number of halogens is 1. The molecule has 0 heterocycles. The van der Waals surface area contributed by atoms with Crippen LogP contribution in [0.2, 0.25) is 0 Å². The predicted octanol–water partition coefficient (Wildman–Crippen LogP) is -0.744. The molecule has 31 heavy (non-hydrogen) atoms. The lowest BCUT2D eigenvalue weighted by molar-refractivity contribution is -0.139. The van der Waals surface area contributed by atoms with Gasteiger partial charge >= 0.3 is 25.1 Å². The first-order chi connectivity index (χ1) is 14.5. The third-order valence-corrected chi connectivity index (χ3v) is 4.36. The number of urea groups is 1. The number of carbonyl (C=O) groups excluding carboxylic acids is 2. The van der Waals surface area contributed by atoms with Crippen molar-refractivity contribution >= 4 is 42.1 Å². The molecule has 13 heteroatoms. The minimum absolute atomic E-state index is 0.0402. The number of nitrogens with zero attached hydrogens (tertiary/aromatic N) is 1. The Labute approximate surface area is 178 Å². The second-order valence-electron chi connectivity index (χ2n) is 6.71. The second-order valence-corrected chi connectivity index (χ2v) is 6.71. The minimum atomic E-state index is -1.98. The van der Waals surface area contributed by atoms with Crippen LogP contribution in [0.15, 0.2) is 18.2 Å². The lowest BCUT2D eigenvalue weighted by atomic mass is 9.80. The summed E-state index contributed by atoms with van der Waals surface area (Å²) in [5.74, 6) is -3.62. The molecule has 3 amide bonds. The van der Waals surface area contributed by atoms with Gasteiger partial charge in [-0.05, 0) is 31.4 Å². The number of carbonyl (C=O) groups is 4. The number of anilines is 1. The molecule has 1 unspecified atom stereocenters. The molecule has 1 aromatic carbocycles. The zero-order chi connectivity index (χ0) is 23.6. The molecule has 1 rings (SSSR count). The van der Waals surface area contributed by atoms with E-state index in [2.05, 4.69) is 10.6 Å². The van der Waals surface area contributed by atoms with Gasteiger partial charge in [0.25, 0.3) is 0 Å². The fraction of sp³-hybridized carbons (Fsp3) is 0.444. The van der Waals surface area contributed by atoms with Crippen molar-refractivity contribution in [2.75, 3.05) is 18.5 Å². The van der Waals surface area contributed by atoms with E-state index in [1.54, 1.807) is 0 Å². The molecule has 0 saturated carbocycles. The fourth-order valence-electron chi connectivity index (χ4n) is 2.61. The van der Waals surface area contributed by atoms with Gasteiger partial charge in [-0.2, -0.15) is 0 Å². The summed E-state index contributed by atoms with van der Waals surface area (Å²) in [5.41, 5.74) is -0.151. The van der Waals surface area contributed by atoms with Crippen molar-refractivity contribution < 1.29 is 43.8 Å². The third-order valence-electron chi connectivity index (χ3n) is 4.36. The van der Waals surface area contributed by atoms with Crippen LogP contribution in [0.1, 0.15) is 32.1 Å². The van der Waals surface area contributed by atoms with Gasteiger partial charge in [-0.15, -0.1) is 0 Å². The Morgan fingerprint density at radius 1 is 1.13 bits per heavy atom. The average Bonchev–Trinajstić information content (AvgIpc) is 2.69. The summed E-state index contributed by atoms with van der Waals surface area (Å²) in [6, 6.07) is 1.44. The Morgan fingerprint density at radius 2 is 1.81 bits per heavy atom. The molecule has 0 saturated heterocycles. The van der Waals surface area contributed by atoms with E-state index in [1.165, 1.54) is 13.1 Å². The van der Waals surface area contributed by atoms with Crippen LogP contribution in [0.4, 0.5) is 14.9 Å². The van der Waals surface area contributed by atoms with Crippen LogP contribution in [0.5, 0.6) is 0 Å². The van der Waals surface area contributed by atoms with Crippen molar-refractivity contribution in [3.05, 3.63) is 24.0 Å². The lowest BCUT2D eigenvalue weighted by Crippen LogP contribution is -2.46. The average molecular weight is 441 g/mol. The molecule has 1 aromatic rings. The molecule has 0 bridgehead atoms. The van der Waals surface area contributed by atoms with Crippen LogP contribution >= 0.6 is 0 Å². The predicted molar refractivity (Wildman–Crippen MR) is 108 cm³/mol. The van der Waals surface area contributed by atoms with Crippen LogP contribution in [0.3, 0.4) is 0 Å². The summed E-state index contributed by atoms with van der Waals surface area (Å²) in [7, 11) is -0.589. The van der Waals surface area contributed by atoms with Crippen molar-refractivity contribution in [3.63, 3.8) is 0 Å². The number of benzene rings is 1. The maximum Gasteiger partial charge on any atom is 0.491 e. The number of carboxylic acids is 2. The van der Waals surface area contributed by atoms with Gasteiger partial charge in [0, 0.05) is 37.6 Å². The van der Waals surface area contributed by atoms with E-state index >= 15 is 0 Å². The Bertz CT molecular complexity index is 808. The zero-order valence-electron chi connectivity index (χ0n) is 16.9. The Kier molecular flexibility index (Phi) is 10.4. The Hall–Kier alpha value is -3.19. The highest BCUT2D eigenvalue weighted by Crippen LogP contribution is 2.15. The third kappa shape index (κ3) is 9.01. The summed E-state index contributed by atoms with van der Waals surface area (Å²) in [6.07, 6.45) is 0.0661. The highest BCUT2D eigenvalue weighted by Gasteiger charge is 2.22. The molecule has 0 radical (unpaired) electrons. The van der Waals surface area contributed by atoms with Crippen LogP contribution in [-0.4, -0.2) is 70.9 Å². The van der Waals surface area contributed by atoms with E-state index in [0.717, 1.165) is 17.0 Å². The number of rotatable bonds is 12.